The predicted octanol–water partition coefficient (Wildman–Crippen LogP) is 3.03. The van der Waals surface area contributed by atoms with E-state index < -0.39 is 5.54 Å². The van der Waals surface area contributed by atoms with Crippen molar-refractivity contribution in [2.24, 2.45) is 0 Å². The smallest absolute Gasteiger partial charge is 0.231 e. The lowest BCUT2D eigenvalue weighted by Gasteiger charge is -2.29. The van der Waals surface area contributed by atoms with E-state index in [-0.39, 0.29) is 30.8 Å². The van der Waals surface area contributed by atoms with Gasteiger partial charge in [-0.3, -0.25) is 9.59 Å². The van der Waals surface area contributed by atoms with Crippen LogP contribution in [0.5, 0.6) is 11.5 Å². The van der Waals surface area contributed by atoms with Gasteiger partial charge in [-0.15, -0.1) is 0 Å². The number of ether oxygens (including phenoxy) is 2. The van der Waals surface area contributed by atoms with Crippen LogP contribution in [0.1, 0.15) is 36.8 Å². The van der Waals surface area contributed by atoms with Gasteiger partial charge in [-0.2, -0.15) is 5.10 Å². The summed E-state index contributed by atoms with van der Waals surface area (Å²) in [5, 5.41) is 10.3. The highest BCUT2D eigenvalue weighted by Crippen LogP contribution is 2.36. The third kappa shape index (κ3) is 4.88. The van der Waals surface area contributed by atoms with Crippen LogP contribution < -0.4 is 20.1 Å². The van der Waals surface area contributed by atoms with Gasteiger partial charge in [-0.25, -0.2) is 9.07 Å². The van der Waals surface area contributed by atoms with Crippen molar-refractivity contribution >= 4 is 11.8 Å². The number of rotatable bonds is 8. The van der Waals surface area contributed by atoms with Crippen molar-refractivity contribution in [1.82, 2.24) is 20.4 Å². The number of aromatic nitrogens is 2. The van der Waals surface area contributed by atoms with Crippen LogP contribution in [0.4, 0.5) is 4.39 Å². The number of halogens is 1. The van der Waals surface area contributed by atoms with Crippen LogP contribution in [0, 0.1) is 5.82 Å². The molecule has 2 aliphatic heterocycles. The van der Waals surface area contributed by atoms with Crippen LogP contribution in [0.15, 0.2) is 54.9 Å². The molecule has 3 heterocycles. The molecule has 5 rings (SSSR count). The van der Waals surface area contributed by atoms with Crippen molar-refractivity contribution in [3.8, 4) is 17.2 Å². The Morgan fingerprint density at radius 2 is 2.06 bits per heavy atom. The van der Waals surface area contributed by atoms with Gasteiger partial charge < -0.3 is 20.1 Å². The number of hydrogen-bond donors (Lipinski definition) is 2. The number of carbonyl (C=O) groups is 2. The molecule has 1 saturated heterocycles. The standard InChI is InChI=1S/C25H25FN4O4/c26-19-2-1-3-20(11-19)30-15-18(14-28-30)13-27-23(31)6-8-25(9-7-24(32)29-25)12-17-4-5-21-22(10-17)34-16-33-21/h1-5,10-11,14-15H,6-9,12-13,16H2,(H,27,31)(H,29,32). The molecule has 8 nitrogen and oxygen atoms in total. The van der Waals surface area contributed by atoms with Crippen molar-refractivity contribution in [3.63, 3.8) is 0 Å². The molecule has 2 aliphatic rings. The molecule has 0 radical (unpaired) electrons. The van der Waals surface area contributed by atoms with Crippen LogP contribution in [0.3, 0.4) is 0 Å². The molecule has 1 unspecified atom stereocenters. The summed E-state index contributed by atoms with van der Waals surface area (Å²) in [5.41, 5.74) is 1.98. The Labute approximate surface area is 196 Å². The molecule has 0 spiro atoms. The molecule has 9 heteroatoms. The molecular weight excluding hydrogens is 439 g/mol. The van der Waals surface area contributed by atoms with E-state index in [1.54, 1.807) is 29.2 Å². The minimum Gasteiger partial charge on any atom is -0.454 e. The highest BCUT2D eigenvalue weighted by atomic mass is 19.1. The van der Waals surface area contributed by atoms with Crippen molar-refractivity contribution in [3.05, 3.63) is 71.8 Å². The summed E-state index contributed by atoms with van der Waals surface area (Å²) < 4.78 is 25.8. The first-order chi connectivity index (χ1) is 16.5. The molecule has 2 amide bonds. The molecule has 1 fully saturated rings. The van der Waals surface area contributed by atoms with E-state index in [9.17, 15) is 14.0 Å². The van der Waals surface area contributed by atoms with E-state index in [0.29, 0.717) is 49.4 Å². The maximum absolute atomic E-state index is 13.4. The summed E-state index contributed by atoms with van der Waals surface area (Å²) in [6.07, 6.45) is 5.95. The molecule has 2 aromatic carbocycles. The number of amides is 2. The molecule has 176 valence electrons. The lowest BCUT2D eigenvalue weighted by molar-refractivity contribution is -0.122. The minimum absolute atomic E-state index is 0.00548. The van der Waals surface area contributed by atoms with Crippen molar-refractivity contribution < 1.29 is 23.5 Å². The summed E-state index contributed by atoms with van der Waals surface area (Å²) in [5.74, 6) is 0.981. The highest BCUT2D eigenvalue weighted by molar-refractivity contribution is 5.80. The average molecular weight is 464 g/mol. The van der Waals surface area contributed by atoms with Gasteiger partial charge >= 0.3 is 0 Å². The third-order valence-corrected chi connectivity index (χ3v) is 6.24. The summed E-state index contributed by atoms with van der Waals surface area (Å²) in [7, 11) is 0. The van der Waals surface area contributed by atoms with Gasteiger partial charge in [-0.1, -0.05) is 12.1 Å². The molecule has 0 aliphatic carbocycles. The van der Waals surface area contributed by atoms with E-state index >= 15 is 0 Å². The van der Waals surface area contributed by atoms with Crippen LogP contribution in [-0.4, -0.2) is 33.9 Å². The number of nitrogens with zero attached hydrogens (tertiary/aromatic N) is 2. The van der Waals surface area contributed by atoms with Gasteiger partial charge in [0.25, 0.3) is 0 Å². The number of fused-ring (bicyclic) bond motifs is 1. The Bertz CT molecular complexity index is 1230. The van der Waals surface area contributed by atoms with Crippen LogP contribution in [0.2, 0.25) is 0 Å². The maximum Gasteiger partial charge on any atom is 0.231 e. The SMILES string of the molecule is O=C(CCC1(Cc2ccc3c(c2)OCO3)CCC(=O)N1)NCc1cnn(-c2cccc(F)c2)c1. The van der Waals surface area contributed by atoms with Crippen LogP contribution in [0.25, 0.3) is 5.69 Å². The third-order valence-electron chi connectivity index (χ3n) is 6.24. The van der Waals surface area contributed by atoms with Crippen molar-refractivity contribution in [1.29, 1.82) is 0 Å². The van der Waals surface area contributed by atoms with E-state index in [1.807, 2.05) is 18.2 Å². The molecule has 0 bridgehead atoms. The molecule has 34 heavy (non-hydrogen) atoms. The summed E-state index contributed by atoms with van der Waals surface area (Å²) in [4.78, 5) is 24.6. The lowest BCUT2D eigenvalue weighted by atomic mass is 9.85. The van der Waals surface area contributed by atoms with E-state index in [1.165, 1.54) is 12.1 Å². The Hall–Kier alpha value is -3.88. The number of benzene rings is 2. The summed E-state index contributed by atoms with van der Waals surface area (Å²) >= 11 is 0. The molecule has 0 saturated carbocycles. The normalized spacial score (nSPS) is 18.7. The molecule has 1 atom stereocenters. The average Bonchev–Trinajstić information content (AvgIpc) is 3.56. The van der Waals surface area contributed by atoms with Crippen LogP contribution >= 0.6 is 0 Å². The molecule has 3 aromatic rings. The van der Waals surface area contributed by atoms with Crippen molar-refractivity contribution in [2.45, 2.75) is 44.2 Å². The summed E-state index contributed by atoms with van der Waals surface area (Å²) in [6, 6.07) is 11.9. The first kappa shape index (κ1) is 21.9. The fourth-order valence-corrected chi connectivity index (χ4v) is 4.48. The van der Waals surface area contributed by atoms with Crippen molar-refractivity contribution in [2.75, 3.05) is 6.79 Å². The minimum atomic E-state index is -0.468. The van der Waals surface area contributed by atoms with E-state index in [4.69, 9.17) is 9.47 Å². The number of carbonyl (C=O) groups excluding carboxylic acids is 2. The zero-order chi connectivity index (χ0) is 23.5. The molecule has 2 N–H and O–H groups in total. The van der Waals surface area contributed by atoms with E-state index in [0.717, 1.165) is 11.1 Å². The Morgan fingerprint density at radius 3 is 2.88 bits per heavy atom. The van der Waals surface area contributed by atoms with Gasteiger partial charge in [0.2, 0.25) is 18.6 Å². The Kier molecular flexibility index (Phi) is 5.91. The molecular formula is C25H25FN4O4. The fraction of sp³-hybridized carbons (Fsp3) is 0.320. The second-order valence-electron chi connectivity index (χ2n) is 8.74. The van der Waals surface area contributed by atoms with Crippen LogP contribution in [-0.2, 0) is 22.6 Å². The maximum atomic E-state index is 13.4. The van der Waals surface area contributed by atoms with Gasteiger partial charge in [0.15, 0.2) is 11.5 Å². The second kappa shape index (κ2) is 9.17. The van der Waals surface area contributed by atoms with E-state index in [2.05, 4.69) is 15.7 Å². The van der Waals surface area contributed by atoms with Gasteiger partial charge in [0.05, 0.1) is 11.9 Å². The number of hydrogen-bond acceptors (Lipinski definition) is 5. The topological polar surface area (TPSA) is 94.5 Å². The van der Waals surface area contributed by atoms with Gasteiger partial charge in [-0.05, 0) is 55.2 Å². The quantitative estimate of drug-likeness (QED) is 0.535. The zero-order valence-electron chi connectivity index (χ0n) is 18.6. The van der Waals surface area contributed by atoms with Gasteiger partial charge in [0.1, 0.15) is 5.82 Å². The van der Waals surface area contributed by atoms with Gasteiger partial charge in [0, 0.05) is 36.7 Å². The molecule has 1 aromatic heterocycles. The highest BCUT2D eigenvalue weighted by Gasteiger charge is 2.38. The second-order valence-corrected chi connectivity index (χ2v) is 8.74. The Morgan fingerprint density at radius 1 is 1.18 bits per heavy atom. The monoisotopic (exact) mass is 464 g/mol. The first-order valence-electron chi connectivity index (χ1n) is 11.2. The fourth-order valence-electron chi connectivity index (χ4n) is 4.48. The lowest BCUT2D eigenvalue weighted by Crippen LogP contribution is -2.44. The zero-order valence-corrected chi connectivity index (χ0v) is 18.6. The Balaban J connectivity index is 1.17. The first-order valence-corrected chi connectivity index (χ1v) is 11.2. The summed E-state index contributed by atoms with van der Waals surface area (Å²) in [6.45, 7) is 0.525. The number of nitrogens with one attached hydrogen (secondary N) is 2. The predicted molar refractivity (Wildman–Crippen MR) is 121 cm³/mol. The largest absolute Gasteiger partial charge is 0.454 e.